The van der Waals surface area contributed by atoms with Crippen LogP contribution >= 0.6 is 0 Å². The molecule has 1 aliphatic rings. The van der Waals surface area contributed by atoms with Crippen LogP contribution < -0.4 is 5.32 Å². The minimum atomic E-state index is -0.364. The van der Waals surface area contributed by atoms with Gasteiger partial charge in [0.15, 0.2) is 5.96 Å². The number of guanidine groups is 1. The van der Waals surface area contributed by atoms with Crippen LogP contribution in [0.1, 0.15) is 25.8 Å². The molecular weight excluding hydrogens is 318 g/mol. The van der Waals surface area contributed by atoms with Crippen molar-refractivity contribution in [2.75, 3.05) is 39.8 Å². The number of aliphatic imine (C=N–C) groups is 1. The minimum absolute atomic E-state index is 0.120. The van der Waals surface area contributed by atoms with E-state index >= 15 is 0 Å². The van der Waals surface area contributed by atoms with Crippen molar-refractivity contribution in [3.05, 3.63) is 39.9 Å². The number of rotatable bonds is 7. The van der Waals surface area contributed by atoms with Gasteiger partial charge in [-0.1, -0.05) is 26.0 Å². The van der Waals surface area contributed by atoms with Crippen molar-refractivity contribution in [1.29, 1.82) is 0 Å². The van der Waals surface area contributed by atoms with E-state index in [9.17, 15) is 10.1 Å². The lowest BCUT2D eigenvalue weighted by atomic mass is 10.1. The van der Waals surface area contributed by atoms with Gasteiger partial charge < -0.3 is 15.1 Å². The molecule has 2 rings (SSSR count). The van der Waals surface area contributed by atoms with Gasteiger partial charge in [-0.05, 0) is 31.0 Å². The van der Waals surface area contributed by atoms with Gasteiger partial charge in [0.25, 0.3) is 5.69 Å². The highest BCUT2D eigenvalue weighted by molar-refractivity contribution is 5.80. The first-order valence-electron chi connectivity index (χ1n) is 8.98. The summed E-state index contributed by atoms with van der Waals surface area (Å²) in [5.41, 5.74) is 1.00. The Hall–Kier alpha value is -2.15. The number of nitro groups is 1. The van der Waals surface area contributed by atoms with E-state index < -0.39 is 0 Å². The Morgan fingerprint density at radius 2 is 2.20 bits per heavy atom. The molecule has 0 radical (unpaired) electrons. The summed E-state index contributed by atoms with van der Waals surface area (Å²) in [6.07, 6.45) is 1.17. The monoisotopic (exact) mass is 347 g/mol. The molecule has 0 aromatic heterocycles. The van der Waals surface area contributed by atoms with Crippen LogP contribution in [0.5, 0.6) is 0 Å². The SMILES string of the molecule is CCN(CC)CC1CCN(C(=NC)NCc2cccc([N+](=O)[O-])c2)C1. The second-order valence-electron chi connectivity index (χ2n) is 6.41. The van der Waals surface area contributed by atoms with Crippen LogP contribution in [-0.4, -0.2) is 60.5 Å². The second kappa shape index (κ2) is 9.36. The molecule has 0 aliphatic carbocycles. The van der Waals surface area contributed by atoms with Crippen LogP contribution in [0.15, 0.2) is 29.3 Å². The van der Waals surface area contributed by atoms with Crippen molar-refractivity contribution in [3.63, 3.8) is 0 Å². The molecule has 138 valence electrons. The number of nitrogens with one attached hydrogen (secondary N) is 1. The Kier molecular flexibility index (Phi) is 7.18. The first-order chi connectivity index (χ1) is 12.1. The molecule has 7 nitrogen and oxygen atoms in total. The van der Waals surface area contributed by atoms with Gasteiger partial charge >= 0.3 is 0 Å². The van der Waals surface area contributed by atoms with Gasteiger partial charge in [-0.2, -0.15) is 0 Å². The number of hydrogen-bond donors (Lipinski definition) is 1. The molecule has 0 bridgehead atoms. The number of likely N-dealkylation sites (tertiary alicyclic amines) is 1. The lowest BCUT2D eigenvalue weighted by Crippen LogP contribution is -2.40. The third kappa shape index (κ3) is 5.42. The summed E-state index contributed by atoms with van der Waals surface area (Å²) in [5.74, 6) is 1.53. The van der Waals surface area contributed by atoms with Gasteiger partial charge in [0.2, 0.25) is 0 Å². The maximum absolute atomic E-state index is 10.9. The smallest absolute Gasteiger partial charge is 0.269 e. The van der Waals surface area contributed by atoms with Crippen molar-refractivity contribution >= 4 is 11.6 Å². The zero-order valence-corrected chi connectivity index (χ0v) is 15.4. The van der Waals surface area contributed by atoms with Crippen molar-refractivity contribution in [2.45, 2.75) is 26.8 Å². The second-order valence-corrected chi connectivity index (χ2v) is 6.41. The Morgan fingerprint density at radius 1 is 1.44 bits per heavy atom. The van der Waals surface area contributed by atoms with Gasteiger partial charge in [0.05, 0.1) is 4.92 Å². The van der Waals surface area contributed by atoms with Gasteiger partial charge in [0.1, 0.15) is 0 Å². The number of nitro benzene ring substituents is 1. The van der Waals surface area contributed by atoms with Crippen LogP contribution in [0.3, 0.4) is 0 Å². The summed E-state index contributed by atoms with van der Waals surface area (Å²) in [7, 11) is 1.79. The number of benzene rings is 1. The van der Waals surface area contributed by atoms with Gasteiger partial charge in [-0.15, -0.1) is 0 Å². The molecule has 0 saturated carbocycles. The Balaban J connectivity index is 1.89. The summed E-state index contributed by atoms with van der Waals surface area (Å²) in [4.78, 5) is 19.6. The number of nitrogens with zero attached hydrogens (tertiary/aromatic N) is 4. The van der Waals surface area contributed by atoms with Gasteiger partial charge in [0, 0.05) is 45.4 Å². The Labute approximate surface area is 149 Å². The molecule has 1 aliphatic heterocycles. The fourth-order valence-electron chi connectivity index (χ4n) is 3.31. The summed E-state index contributed by atoms with van der Waals surface area (Å²) in [5, 5.41) is 14.2. The summed E-state index contributed by atoms with van der Waals surface area (Å²) >= 11 is 0. The van der Waals surface area contributed by atoms with Gasteiger partial charge in [-0.3, -0.25) is 15.1 Å². The van der Waals surface area contributed by atoms with Crippen molar-refractivity contribution in [3.8, 4) is 0 Å². The van der Waals surface area contributed by atoms with Crippen LogP contribution in [0.2, 0.25) is 0 Å². The van der Waals surface area contributed by atoms with Crippen LogP contribution in [-0.2, 0) is 6.54 Å². The first kappa shape index (κ1) is 19.2. The lowest BCUT2D eigenvalue weighted by molar-refractivity contribution is -0.384. The highest BCUT2D eigenvalue weighted by Crippen LogP contribution is 2.18. The van der Waals surface area contributed by atoms with E-state index in [-0.39, 0.29) is 10.6 Å². The molecule has 7 heteroatoms. The molecule has 1 aromatic carbocycles. The highest BCUT2D eigenvalue weighted by Gasteiger charge is 2.25. The largest absolute Gasteiger partial charge is 0.352 e. The van der Waals surface area contributed by atoms with E-state index in [2.05, 4.69) is 34.0 Å². The predicted molar refractivity (Wildman–Crippen MR) is 101 cm³/mol. The first-order valence-corrected chi connectivity index (χ1v) is 8.98. The van der Waals surface area contributed by atoms with Crippen LogP contribution in [0.25, 0.3) is 0 Å². The predicted octanol–water partition coefficient (Wildman–Crippen LogP) is 2.33. The molecule has 1 atom stereocenters. The third-order valence-electron chi connectivity index (χ3n) is 4.78. The van der Waals surface area contributed by atoms with E-state index in [1.54, 1.807) is 19.2 Å². The zero-order chi connectivity index (χ0) is 18.2. The summed E-state index contributed by atoms with van der Waals surface area (Å²) < 4.78 is 0. The van der Waals surface area contributed by atoms with E-state index in [0.29, 0.717) is 12.5 Å². The molecule has 1 saturated heterocycles. The number of hydrogen-bond acceptors (Lipinski definition) is 4. The molecule has 0 spiro atoms. The van der Waals surface area contributed by atoms with Crippen molar-refractivity contribution < 1.29 is 4.92 Å². The van der Waals surface area contributed by atoms with E-state index in [4.69, 9.17) is 0 Å². The zero-order valence-electron chi connectivity index (χ0n) is 15.4. The molecule has 1 heterocycles. The van der Waals surface area contributed by atoms with E-state index in [1.165, 1.54) is 12.5 Å². The van der Waals surface area contributed by atoms with Crippen molar-refractivity contribution in [2.24, 2.45) is 10.9 Å². The van der Waals surface area contributed by atoms with Crippen LogP contribution in [0, 0.1) is 16.0 Å². The topological polar surface area (TPSA) is 74.0 Å². The standard InChI is InChI=1S/C18H29N5O2/c1-4-21(5-2)13-16-9-10-22(14-16)18(19-3)20-12-15-7-6-8-17(11-15)23(24)25/h6-8,11,16H,4-5,9-10,12-14H2,1-3H3,(H,19,20). The fourth-order valence-corrected chi connectivity index (χ4v) is 3.31. The molecule has 1 fully saturated rings. The summed E-state index contributed by atoms with van der Waals surface area (Å²) in [6.45, 7) is 10.3. The van der Waals surface area contributed by atoms with Crippen molar-refractivity contribution in [1.82, 2.24) is 15.1 Å². The Bertz CT molecular complexity index is 601. The maximum Gasteiger partial charge on any atom is 0.269 e. The number of non-ortho nitro benzene ring substituents is 1. The molecule has 25 heavy (non-hydrogen) atoms. The maximum atomic E-state index is 10.9. The molecule has 1 N–H and O–H groups in total. The highest BCUT2D eigenvalue weighted by atomic mass is 16.6. The van der Waals surface area contributed by atoms with E-state index in [1.807, 2.05) is 6.07 Å². The molecular formula is C18H29N5O2. The quantitative estimate of drug-likeness (QED) is 0.355. The average Bonchev–Trinajstić information content (AvgIpc) is 3.09. The molecule has 1 aromatic rings. The lowest BCUT2D eigenvalue weighted by Gasteiger charge is -2.24. The Morgan fingerprint density at radius 3 is 2.84 bits per heavy atom. The van der Waals surface area contributed by atoms with Gasteiger partial charge in [-0.25, -0.2) is 0 Å². The third-order valence-corrected chi connectivity index (χ3v) is 4.78. The average molecular weight is 347 g/mol. The van der Waals surface area contributed by atoms with Crippen LogP contribution in [0.4, 0.5) is 5.69 Å². The minimum Gasteiger partial charge on any atom is -0.352 e. The summed E-state index contributed by atoms with van der Waals surface area (Å²) in [6, 6.07) is 6.72. The fraction of sp³-hybridized carbons (Fsp3) is 0.611. The molecule has 0 amide bonds. The normalized spacial score (nSPS) is 18.0. The van der Waals surface area contributed by atoms with E-state index in [0.717, 1.165) is 44.2 Å². The molecule has 1 unspecified atom stereocenters.